The van der Waals surface area contributed by atoms with E-state index < -0.39 is 0 Å². The van der Waals surface area contributed by atoms with Gasteiger partial charge in [-0.1, -0.05) is 13.3 Å². The fourth-order valence-corrected chi connectivity index (χ4v) is 2.07. The fraction of sp³-hybridized carbons (Fsp3) is 0.533. The van der Waals surface area contributed by atoms with Gasteiger partial charge in [-0.3, -0.25) is 4.79 Å². The molecule has 1 aromatic rings. The fourth-order valence-electron chi connectivity index (χ4n) is 2.07. The summed E-state index contributed by atoms with van der Waals surface area (Å²) in [5.41, 5.74) is 2.72. The van der Waals surface area contributed by atoms with E-state index in [1.54, 1.807) is 0 Å². The van der Waals surface area contributed by atoms with Crippen molar-refractivity contribution < 1.29 is 9.53 Å². The molecule has 0 unspecified atom stereocenters. The Balaban J connectivity index is 1.77. The lowest BCUT2D eigenvalue weighted by Crippen LogP contribution is -2.28. The molecule has 1 heterocycles. The first-order valence-electron chi connectivity index (χ1n) is 7.29. The molecule has 110 valence electrons. The van der Waals surface area contributed by atoms with Crippen molar-refractivity contribution in [3.05, 3.63) is 23.8 Å². The molecule has 0 bridgehead atoms. The van der Waals surface area contributed by atoms with Crippen molar-refractivity contribution >= 4 is 17.3 Å². The van der Waals surface area contributed by atoms with E-state index in [0.717, 1.165) is 43.9 Å². The van der Waals surface area contributed by atoms with Gasteiger partial charge in [0.05, 0.1) is 18.0 Å². The molecule has 0 atom stereocenters. The molecule has 1 aliphatic heterocycles. The smallest absolute Gasteiger partial charge is 0.251 e. The molecule has 1 aromatic carbocycles. The molecule has 5 heteroatoms. The molecule has 0 spiro atoms. The van der Waals surface area contributed by atoms with Crippen molar-refractivity contribution in [3.8, 4) is 0 Å². The summed E-state index contributed by atoms with van der Waals surface area (Å²) in [5.74, 6) is -0.0562. The van der Waals surface area contributed by atoms with E-state index in [1.807, 2.05) is 18.2 Å². The van der Waals surface area contributed by atoms with Crippen molar-refractivity contribution in [2.75, 3.05) is 43.5 Å². The number of carbonyl (C=O) groups excluding carboxylic acids is 1. The maximum Gasteiger partial charge on any atom is 0.251 e. The zero-order chi connectivity index (χ0) is 14.2. The summed E-state index contributed by atoms with van der Waals surface area (Å²) in [6.07, 6.45) is 2.19. The van der Waals surface area contributed by atoms with E-state index in [1.165, 1.54) is 0 Å². The van der Waals surface area contributed by atoms with Gasteiger partial charge < -0.3 is 20.7 Å². The molecule has 2 rings (SSSR count). The number of rotatable bonds is 7. The summed E-state index contributed by atoms with van der Waals surface area (Å²) in [6.45, 7) is 5.80. The molecule has 0 aromatic heterocycles. The van der Waals surface area contributed by atoms with E-state index >= 15 is 0 Å². The molecule has 0 fully saturated rings. The molecule has 0 saturated heterocycles. The highest BCUT2D eigenvalue weighted by Crippen LogP contribution is 2.25. The maximum atomic E-state index is 12.0. The highest BCUT2D eigenvalue weighted by atomic mass is 16.5. The van der Waals surface area contributed by atoms with Crippen LogP contribution in [0.4, 0.5) is 11.4 Å². The Morgan fingerprint density at radius 2 is 2.05 bits per heavy atom. The zero-order valence-electron chi connectivity index (χ0n) is 12.0. The predicted molar refractivity (Wildman–Crippen MR) is 81.5 cm³/mol. The molecule has 1 amide bonds. The summed E-state index contributed by atoms with van der Waals surface area (Å²) < 4.78 is 5.41. The minimum absolute atomic E-state index is 0.0562. The van der Waals surface area contributed by atoms with Gasteiger partial charge in [0.25, 0.3) is 5.91 Å². The average Bonchev–Trinajstić information content (AvgIpc) is 2.50. The SMILES string of the molecule is CCCCOCCNC(=O)c1ccc2c(c1)NCCN2. The molecule has 0 saturated carbocycles. The topological polar surface area (TPSA) is 62.4 Å². The van der Waals surface area contributed by atoms with Crippen LogP contribution < -0.4 is 16.0 Å². The molecular weight excluding hydrogens is 254 g/mol. The van der Waals surface area contributed by atoms with Crippen LogP contribution in [0.1, 0.15) is 30.1 Å². The highest BCUT2D eigenvalue weighted by Gasteiger charge is 2.11. The number of unbranched alkanes of at least 4 members (excludes halogenated alkanes) is 1. The monoisotopic (exact) mass is 277 g/mol. The van der Waals surface area contributed by atoms with Crippen molar-refractivity contribution in [2.45, 2.75) is 19.8 Å². The van der Waals surface area contributed by atoms with Gasteiger partial charge in [0.2, 0.25) is 0 Å². The second kappa shape index (κ2) is 7.75. The Morgan fingerprint density at radius 1 is 1.25 bits per heavy atom. The average molecular weight is 277 g/mol. The molecule has 0 radical (unpaired) electrons. The number of benzene rings is 1. The number of ether oxygens (including phenoxy) is 1. The summed E-state index contributed by atoms with van der Waals surface area (Å²) in [5, 5.41) is 9.44. The van der Waals surface area contributed by atoms with Crippen LogP contribution in [-0.4, -0.2) is 38.8 Å². The standard InChI is InChI=1S/C15H23N3O2/c1-2-3-9-20-10-8-18-15(19)12-4-5-13-14(11-12)17-7-6-16-13/h4-5,11,16-17H,2-3,6-10H2,1H3,(H,18,19). The van der Waals surface area contributed by atoms with E-state index in [0.29, 0.717) is 18.7 Å². The van der Waals surface area contributed by atoms with Gasteiger partial charge in [0.1, 0.15) is 0 Å². The number of fused-ring (bicyclic) bond motifs is 1. The van der Waals surface area contributed by atoms with Crippen LogP contribution in [0.5, 0.6) is 0 Å². The largest absolute Gasteiger partial charge is 0.382 e. The van der Waals surface area contributed by atoms with Gasteiger partial charge in [-0.05, 0) is 24.6 Å². The molecule has 1 aliphatic rings. The third-order valence-electron chi connectivity index (χ3n) is 3.21. The maximum absolute atomic E-state index is 12.0. The summed E-state index contributed by atoms with van der Waals surface area (Å²) in [6, 6.07) is 5.66. The summed E-state index contributed by atoms with van der Waals surface area (Å²) in [4.78, 5) is 12.0. The van der Waals surface area contributed by atoms with Crippen LogP contribution in [0.2, 0.25) is 0 Å². The Bertz CT molecular complexity index is 449. The summed E-state index contributed by atoms with van der Waals surface area (Å²) >= 11 is 0. The lowest BCUT2D eigenvalue weighted by molar-refractivity contribution is 0.0913. The normalized spacial score (nSPS) is 13.1. The highest BCUT2D eigenvalue weighted by molar-refractivity contribution is 5.96. The Hall–Kier alpha value is -1.75. The van der Waals surface area contributed by atoms with E-state index in [2.05, 4.69) is 22.9 Å². The van der Waals surface area contributed by atoms with E-state index in [-0.39, 0.29) is 5.91 Å². The quantitative estimate of drug-likeness (QED) is 0.668. The van der Waals surface area contributed by atoms with Gasteiger partial charge in [-0.25, -0.2) is 0 Å². The van der Waals surface area contributed by atoms with Crippen LogP contribution in [0.25, 0.3) is 0 Å². The van der Waals surface area contributed by atoms with E-state index in [4.69, 9.17) is 4.74 Å². The molecule has 5 nitrogen and oxygen atoms in total. The lowest BCUT2D eigenvalue weighted by Gasteiger charge is -2.20. The van der Waals surface area contributed by atoms with Crippen molar-refractivity contribution in [1.29, 1.82) is 0 Å². The van der Waals surface area contributed by atoms with Crippen LogP contribution in [0.15, 0.2) is 18.2 Å². The zero-order valence-corrected chi connectivity index (χ0v) is 12.0. The van der Waals surface area contributed by atoms with Crippen LogP contribution in [0, 0.1) is 0 Å². The Morgan fingerprint density at radius 3 is 2.85 bits per heavy atom. The molecular formula is C15H23N3O2. The number of hydrogen-bond acceptors (Lipinski definition) is 4. The van der Waals surface area contributed by atoms with Gasteiger partial charge in [0, 0.05) is 31.8 Å². The molecule has 0 aliphatic carbocycles. The van der Waals surface area contributed by atoms with Gasteiger partial charge in [0.15, 0.2) is 0 Å². The third kappa shape index (κ3) is 4.13. The van der Waals surface area contributed by atoms with Crippen LogP contribution in [-0.2, 0) is 4.74 Å². The third-order valence-corrected chi connectivity index (χ3v) is 3.21. The first-order valence-corrected chi connectivity index (χ1v) is 7.29. The van der Waals surface area contributed by atoms with Crippen LogP contribution in [0.3, 0.4) is 0 Å². The first-order chi connectivity index (χ1) is 9.81. The van der Waals surface area contributed by atoms with Gasteiger partial charge in [-0.2, -0.15) is 0 Å². The Kier molecular flexibility index (Phi) is 5.68. The van der Waals surface area contributed by atoms with E-state index in [9.17, 15) is 4.79 Å². The number of anilines is 2. The van der Waals surface area contributed by atoms with Gasteiger partial charge >= 0.3 is 0 Å². The number of hydrogen-bond donors (Lipinski definition) is 3. The van der Waals surface area contributed by atoms with Crippen molar-refractivity contribution in [1.82, 2.24) is 5.32 Å². The minimum Gasteiger partial charge on any atom is -0.382 e. The predicted octanol–water partition coefficient (Wildman–Crippen LogP) is 2.07. The first kappa shape index (κ1) is 14.7. The summed E-state index contributed by atoms with van der Waals surface area (Å²) in [7, 11) is 0. The number of carbonyl (C=O) groups is 1. The molecule has 20 heavy (non-hydrogen) atoms. The Labute approximate surface area is 120 Å². The van der Waals surface area contributed by atoms with Crippen molar-refractivity contribution in [3.63, 3.8) is 0 Å². The molecule has 3 N–H and O–H groups in total. The van der Waals surface area contributed by atoms with Crippen LogP contribution >= 0.6 is 0 Å². The second-order valence-electron chi connectivity index (χ2n) is 4.84. The number of amides is 1. The second-order valence-corrected chi connectivity index (χ2v) is 4.84. The number of nitrogens with one attached hydrogen (secondary N) is 3. The minimum atomic E-state index is -0.0562. The van der Waals surface area contributed by atoms with Crippen molar-refractivity contribution in [2.24, 2.45) is 0 Å². The van der Waals surface area contributed by atoms with Gasteiger partial charge in [-0.15, -0.1) is 0 Å². The lowest BCUT2D eigenvalue weighted by atomic mass is 10.1.